The van der Waals surface area contributed by atoms with Crippen molar-refractivity contribution in [2.24, 2.45) is 0 Å². The number of para-hydroxylation sites is 1. The maximum absolute atomic E-state index is 11.1. The molecular formula is C14H12N2O5. The first-order valence-corrected chi connectivity index (χ1v) is 6.03. The van der Waals surface area contributed by atoms with Crippen LogP contribution in [0.25, 0.3) is 0 Å². The van der Waals surface area contributed by atoms with E-state index in [1.165, 1.54) is 18.2 Å². The van der Waals surface area contributed by atoms with Crippen molar-refractivity contribution in [2.75, 3.05) is 0 Å². The first-order valence-electron chi connectivity index (χ1n) is 6.03. The van der Waals surface area contributed by atoms with E-state index in [1.807, 2.05) is 13.0 Å². The molecule has 0 unspecified atom stereocenters. The lowest BCUT2D eigenvalue weighted by molar-refractivity contribution is -0.386. The summed E-state index contributed by atoms with van der Waals surface area (Å²) in [6, 6.07) is 5.58. The van der Waals surface area contributed by atoms with E-state index in [0.717, 1.165) is 5.56 Å². The van der Waals surface area contributed by atoms with Gasteiger partial charge in [0.25, 0.3) is 0 Å². The lowest BCUT2D eigenvalue weighted by Gasteiger charge is -2.09. The lowest BCUT2D eigenvalue weighted by Crippen LogP contribution is -2.06. The van der Waals surface area contributed by atoms with Crippen LogP contribution in [0.1, 0.15) is 21.5 Å². The van der Waals surface area contributed by atoms with Crippen LogP contribution in [-0.4, -0.2) is 21.0 Å². The van der Waals surface area contributed by atoms with Gasteiger partial charge in [-0.3, -0.25) is 15.1 Å². The summed E-state index contributed by atoms with van der Waals surface area (Å²) in [7, 11) is 0. The highest BCUT2D eigenvalue weighted by atomic mass is 16.6. The second kappa shape index (κ2) is 6.00. The molecule has 0 saturated carbocycles. The Kier molecular flexibility index (Phi) is 4.13. The Bertz CT molecular complexity index is 667. The molecule has 0 fully saturated rings. The minimum atomic E-state index is -1.28. The zero-order chi connectivity index (χ0) is 15.4. The molecule has 0 bridgehead atoms. The molecular weight excluding hydrogens is 276 g/mol. The average Bonchev–Trinajstić information content (AvgIpc) is 2.44. The third-order valence-corrected chi connectivity index (χ3v) is 2.74. The molecule has 1 aromatic carbocycles. The summed E-state index contributed by atoms with van der Waals surface area (Å²) in [4.78, 5) is 25.4. The maximum atomic E-state index is 11.1. The third kappa shape index (κ3) is 3.33. The fraction of sp³-hybridized carbons (Fsp3) is 0.143. The molecule has 1 aromatic heterocycles. The summed E-state index contributed by atoms with van der Waals surface area (Å²) in [5.41, 5.74) is 0.988. The van der Waals surface area contributed by atoms with Gasteiger partial charge in [-0.05, 0) is 24.6 Å². The molecule has 108 valence electrons. The summed E-state index contributed by atoms with van der Waals surface area (Å²) >= 11 is 0. The van der Waals surface area contributed by atoms with Gasteiger partial charge in [0.05, 0.1) is 4.92 Å². The SMILES string of the molecule is Cc1cncc(COc2c(C(=O)O)cccc2[N+](=O)[O-])c1. The predicted molar refractivity (Wildman–Crippen MR) is 73.4 cm³/mol. The number of nitro benzene ring substituents is 1. The minimum Gasteiger partial charge on any atom is -0.481 e. The van der Waals surface area contributed by atoms with Gasteiger partial charge in [-0.15, -0.1) is 0 Å². The van der Waals surface area contributed by atoms with Crippen molar-refractivity contribution in [2.45, 2.75) is 13.5 Å². The molecule has 0 aliphatic heterocycles. The number of benzene rings is 1. The molecule has 0 saturated heterocycles. The minimum absolute atomic E-state index is 0.000185. The summed E-state index contributed by atoms with van der Waals surface area (Å²) in [5, 5.41) is 20.1. The molecule has 2 rings (SSSR count). The molecule has 2 aromatic rings. The van der Waals surface area contributed by atoms with E-state index in [-0.39, 0.29) is 23.6 Å². The number of hydrogen-bond acceptors (Lipinski definition) is 5. The molecule has 0 amide bonds. The first-order chi connectivity index (χ1) is 9.99. The van der Waals surface area contributed by atoms with Gasteiger partial charge >= 0.3 is 11.7 Å². The normalized spacial score (nSPS) is 10.1. The van der Waals surface area contributed by atoms with E-state index >= 15 is 0 Å². The fourth-order valence-electron chi connectivity index (χ4n) is 1.84. The number of aryl methyl sites for hydroxylation is 1. The van der Waals surface area contributed by atoms with Crippen LogP contribution in [0.3, 0.4) is 0 Å². The van der Waals surface area contributed by atoms with E-state index in [9.17, 15) is 14.9 Å². The fourth-order valence-corrected chi connectivity index (χ4v) is 1.84. The number of ether oxygens (including phenoxy) is 1. The molecule has 1 N–H and O–H groups in total. The van der Waals surface area contributed by atoms with Crippen LogP contribution >= 0.6 is 0 Å². The van der Waals surface area contributed by atoms with Crippen LogP contribution in [0.15, 0.2) is 36.7 Å². The summed E-state index contributed by atoms with van der Waals surface area (Å²) in [6.07, 6.45) is 3.22. The van der Waals surface area contributed by atoms with Crippen LogP contribution in [-0.2, 0) is 6.61 Å². The van der Waals surface area contributed by atoms with Gasteiger partial charge in [0.15, 0.2) is 0 Å². The Hall–Kier alpha value is -2.96. The predicted octanol–water partition coefficient (Wildman–Crippen LogP) is 2.58. The van der Waals surface area contributed by atoms with Crippen molar-refractivity contribution in [1.82, 2.24) is 4.98 Å². The highest BCUT2D eigenvalue weighted by molar-refractivity contribution is 5.92. The van der Waals surface area contributed by atoms with Crippen LogP contribution < -0.4 is 4.74 Å². The van der Waals surface area contributed by atoms with E-state index in [2.05, 4.69) is 4.98 Å². The topological polar surface area (TPSA) is 103 Å². The zero-order valence-electron chi connectivity index (χ0n) is 11.1. The van der Waals surface area contributed by atoms with E-state index in [4.69, 9.17) is 9.84 Å². The van der Waals surface area contributed by atoms with E-state index < -0.39 is 10.9 Å². The van der Waals surface area contributed by atoms with Crippen molar-refractivity contribution < 1.29 is 19.6 Å². The molecule has 0 radical (unpaired) electrons. The smallest absolute Gasteiger partial charge is 0.339 e. The molecule has 1 heterocycles. The van der Waals surface area contributed by atoms with Crippen LogP contribution in [0.2, 0.25) is 0 Å². The maximum Gasteiger partial charge on any atom is 0.339 e. The molecule has 7 heteroatoms. The van der Waals surface area contributed by atoms with Crippen molar-refractivity contribution in [3.05, 3.63) is 63.5 Å². The largest absolute Gasteiger partial charge is 0.481 e. The number of aromatic nitrogens is 1. The Labute approximate surface area is 120 Å². The number of aromatic carboxylic acids is 1. The number of nitrogens with zero attached hydrogens (tertiary/aromatic N) is 2. The van der Waals surface area contributed by atoms with Gasteiger partial charge in [0, 0.05) is 24.0 Å². The van der Waals surface area contributed by atoms with Gasteiger partial charge in [-0.1, -0.05) is 6.07 Å². The van der Waals surface area contributed by atoms with Gasteiger partial charge in [-0.25, -0.2) is 4.79 Å². The second-order valence-corrected chi connectivity index (χ2v) is 4.38. The molecule has 0 aliphatic rings. The van der Waals surface area contributed by atoms with Gasteiger partial charge in [-0.2, -0.15) is 0 Å². The number of nitro groups is 1. The van der Waals surface area contributed by atoms with Crippen molar-refractivity contribution in [3.63, 3.8) is 0 Å². The van der Waals surface area contributed by atoms with Crippen molar-refractivity contribution in [3.8, 4) is 5.75 Å². The number of rotatable bonds is 5. The van der Waals surface area contributed by atoms with Gasteiger partial charge in [0.1, 0.15) is 12.2 Å². The van der Waals surface area contributed by atoms with E-state index in [0.29, 0.717) is 5.56 Å². The number of hydrogen-bond donors (Lipinski definition) is 1. The Morgan fingerprint density at radius 1 is 1.43 bits per heavy atom. The van der Waals surface area contributed by atoms with Gasteiger partial charge in [0.2, 0.25) is 5.75 Å². The van der Waals surface area contributed by atoms with Crippen molar-refractivity contribution in [1.29, 1.82) is 0 Å². The molecule has 0 atom stereocenters. The van der Waals surface area contributed by atoms with E-state index in [1.54, 1.807) is 12.4 Å². The number of pyridine rings is 1. The standard InChI is InChI=1S/C14H12N2O5/c1-9-5-10(7-15-6-9)8-21-13-11(14(17)18)3-2-4-12(13)16(19)20/h2-7H,8H2,1H3,(H,17,18). The van der Waals surface area contributed by atoms with Crippen LogP contribution in [0, 0.1) is 17.0 Å². The summed E-state index contributed by atoms with van der Waals surface area (Å²) in [6.45, 7) is 1.85. The Balaban J connectivity index is 2.33. The molecule has 0 spiro atoms. The number of carbonyl (C=O) groups is 1. The zero-order valence-corrected chi connectivity index (χ0v) is 11.1. The number of carboxylic acids is 1. The first kappa shape index (κ1) is 14.4. The van der Waals surface area contributed by atoms with Crippen LogP contribution in [0.4, 0.5) is 5.69 Å². The average molecular weight is 288 g/mol. The third-order valence-electron chi connectivity index (χ3n) is 2.74. The molecule has 21 heavy (non-hydrogen) atoms. The Morgan fingerprint density at radius 2 is 2.19 bits per heavy atom. The van der Waals surface area contributed by atoms with Crippen LogP contribution in [0.5, 0.6) is 5.75 Å². The lowest BCUT2D eigenvalue weighted by atomic mass is 10.1. The van der Waals surface area contributed by atoms with Gasteiger partial charge < -0.3 is 9.84 Å². The highest BCUT2D eigenvalue weighted by Gasteiger charge is 2.23. The van der Waals surface area contributed by atoms with Crippen molar-refractivity contribution >= 4 is 11.7 Å². The molecule has 0 aliphatic carbocycles. The monoisotopic (exact) mass is 288 g/mol. The molecule has 7 nitrogen and oxygen atoms in total. The summed E-state index contributed by atoms with van der Waals surface area (Å²) < 4.78 is 5.37. The second-order valence-electron chi connectivity index (χ2n) is 4.38. The quantitative estimate of drug-likeness (QED) is 0.670. The highest BCUT2D eigenvalue weighted by Crippen LogP contribution is 2.31. The summed E-state index contributed by atoms with van der Waals surface area (Å²) in [5.74, 6) is -1.53. The number of carboxylic acid groups (broad SMARTS) is 1. The Morgan fingerprint density at radius 3 is 2.81 bits per heavy atom.